The second kappa shape index (κ2) is 6.02. The minimum atomic E-state index is -0.505. The Morgan fingerprint density at radius 1 is 1.08 bits per heavy atom. The third-order valence-electron chi connectivity index (χ3n) is 2.72. The van der Waals surface area contributed by atoms with Crippen molar-refractivity contribution in [2.45, 2.75) is 25.1 Å². The number of piperazine rings is 1. The third-order valence-corrected chi connectivity index (χ3v) is 2.72. The predicted octanol–water partition coefficient (Wildman–Crippen LogP) is 1.24. The van der Waals surface area contributed by atoms with Gasteiger partial charge in [0.1, 0.15) is 6.17 Å². The topological polar surface area (TPSA) is 15.3 Å². The van der Waals surface area contributed by atoms with E-state index in [0.717, 1.165) is 39.0 Å². The molecule has 2 aliphatic rings. The Kier molecular flexibility index (Phi) is 6.21. The first-order chi connectivity index (χ1) is 5.36. The van der Waals surface area contributed by atoms with Gasteiger partial charge in [0.25, 0.3) is 0 Å². The first-order valence-electron chi connectivity index (χ1n) is 4.45. The Labute approximate surface area is 91.1 Å². The van der Waals surface area contributed by atoms with Gasteiger partial charge >= 0.3 is 0 Å². The molecule has 0 bridgehead atoms. The first-order valence-corrected chi connectivity index (χ1v) is 4.45. The molecule has 0 amide bonds. The molecule has 2 fully saturated rings. The molecule has 1 heterocycles. The van der Waals surface area contributed by atoms with E-state index in [0.29, 0.717) is 6.04 Å². The van der Waals surface area contributed by atoms with Crippen molar-refractivity contribution in [1.82, 2.24) is 10.2 Å². The van der Waals surface area contributed by atoms with E-state index in [1.165, 1.54) is 0 Å². The van der Waals surface area contributed by atoms with Crippen LogP contribution in [0.15, 0.2) is 0 Å². The molecule has 5 heteroatoms. The van der Waals surface area contributed by atoms with Gasteiger partial charge in [0.15, 0.2) is 0 Å². The Hall–Kier alpha value is 0.430. The number of hydrogen-bond donors (Lipinski definition) is 1. The van der Waals surface area contributed by atoms with Crippen molar-refractivity contribution in [3.63, 3.8) is 0 Å². The molecule has 1 N–H and O–H groups in total. The van der Waals surface area contributed by atoms with Crippen molar-refractivity contribution in [3.05, 3.63) is 0 Å². The highest BCUT2D eigenvalue weighted by molar-refractivity contribution is 5.85. The van der Waals surface area contributed by atoms with Crippen molar-refractivity contribution < 1.29 is 4.39 Å². The van der Waals surface area contributed by atoms with Crippen LogP contribution >= 0.6 is 24.8 Å². The predicted molar refractivity (Wildman–Crippen MR) is 56.9 cm³/mol. The summed E-state index contributed by atoms with van der Waals surface area (Å²) in [4.78, 5) is 2.41. The molecule has 1 aliphatic carbocycles. The number of nitrogens with one attached hydrogen (secondary N) is 1. The summed E-state index contributed by atoms with van der Waals surface area (Å²) in [6, 6.07) is 0.562. The zero-order valence-corrected chi connectivity index (χ0v) is 9.17. The molecular weight excluding hydrogens is 214 g/mol. The van der Waals surface area contributed by atoms with Gasteiger partial charge in [-0.1, -0.05) is 0 Å². The van der Waals surface area contributed by atoms with Crippen molar-refractivity contribution in [1.29, 1.82) is 0 Å². The first kappa shape index (κ1) is 13.4. The van der Waals surface area contributed by atoms with Gasteiger partial charge in [-0.25, -0.2) is 4.39 Å². The van der Waals surface area contributed by atoms with Crippen LogP contribution in [0.4, 0.5) is 4.39 Å². The van der Waals surface area contributed by atoms with Crippen LogP contribution in [0, 0.1) is 0 Å². The smallest absolute Gasteiger partial charge is 0.103 e. The fourth-order valence-corrected chi connectivity index (χ4v) is 1.87. The maximum Gasteiger partial charge on any atom is 0.103 e. The highest BCUT2D eigenvalue weighted by Crippen LogP contribution is 2.28. The SMILES string of the molecule is Cl.Cl.FC1CC(N2CCNCC2)C1. The van der Waals surface area contributed by atoms with E-state index in [9.17, 15) is 4.39 Å². The molecule has 0 atom stereocenters. The summed E-state index contributed by atoms with van der Waals surface area (Å²) in [5, 5.41) is 3.29. The molecule has 2 nitrogen and oxygen atoms in total. The third kappa shape index (κ3) is 3.24. The molecule has 1 aliphatic heterocycles. The van der Waals surface area contributed by atoms with Gasteiger partial charge < -0.3 is 5.32 Å². The largest absolute Gasteiger partial charge is 0.314 e. The van der Waals surface area contributed by atoms with Gasteiger partial charge in [-0.05, 0) is 12.8 Å². The normalized spacial score (nSPS) is 33.9. The average Bonchev–Trinajstić information content (AvgIpc) is 2.01. The van der Waals surface area contributed by atoms with Crippen LogP contribution in [0.25, 0.3) is 0 Å². The molecule has 0 radical (unpaired) electrons. The van der Waals surface area contributed by atoms with E-state index in [1.54, 1.807) is 0 Å². The zero-order valence-electron chi connectivity index (χ0n) is 7.54. The van der Waals surface area contributed by atoms with Crippen LogP contribution in [0.3, 0.4) is 0 Å². The minimum absolute atomic E-state index is 0. The molecule has 0 aromatic carbocycles. The van der Waals surface area contributed by atoms with E-state index in [4.69, 9.17) is 0 Å². The summed E-state index contributed by atoms with van der Waals surface area (Å²) < 4.78 is 12.5. The number of nitrogens with zero attached hydrogens (tertiary/aromatic N) is 1. The molecule has 0 aromatic heterocycles. The van der Waals surface area contributed by atoms with E-state index in [-0.39, 0.29) is 24.8 Å². The minimum Gasteiger partial charge on any atom is -0.314 e. The summed E-state index contributed by atoms with van der Waals surface area (Å²) in [5.41, 5.74) is 0. The van der Waals surface area contributed by atoms with Gasteiger partial charge in [0, 0.05) is 32.2 Å². The highest BCUT2D eigenvalue weighted by Gasteiger charge is 2.33. The summed E-state index contributed by atoms with van der Waals surface area (Å²) in [6.45, 7) is 4.37. The lowest BCUT2D eigenvalue weighted by Gasteiger charge is -2.41. The Bertz CT molecular complexity index is 136. The maximum absolute atomic E-state index is 12.5. The Morgan fingerprint density at radius 2 is 1.62 bits per heavy atom. The Balaban J connectivity index is 0.000000720. The van der Waals surface area contributed by atoms with Crippen molar-refractivity contribution >= 4 is 24.8 Å². The van der Waals surface area contributed by atoms with Crippen molar-refractivity contribution in [2.75, 3.05) is 26.2 Å². The Morgan fingerprint density at radius 3 is 2.08 bits per heavy atom. The van der Waals surface area contributed by atoms with Gasteiger partial charge in [0.2, 0.25) is 0 Å². The van der Waals surface area contributed by atoms with Crippen LogP contribution in [0.1, 0.15) is 12.8 Å². The lowest BCUT2D eigenvalue weighted by Crippen LogP contribution is -2.53. The van der Waals surface area contributed by atoms with Crippen LogP contribution in [-0.2, 0) is 0 Å². The standard InChI is InChI=1S/C8H15FN2.2ClH/c9-7-5-8(6-7)11-3-1-10-2-4-11;;/h7-8,10H,1-6H2;2*1H. The number of rotatable bonds is 1. The quantitative estimate of drug-likeness (QED) is 0.730. The molecule has 0 aromatic rings. The van der Waals surface area contributed by atoms with Gasteiger partial charge in [-0.3, -0.25) is 4.90 Å². The lowest BCUT2D eigenvalue weighted by atomic mass is 9.89. The number of halogens is 3. The summed E-state index contributed by atoms with van der Waals surface area (Å²) >= 11 is 0. The maximum atomic E-state index is 12.5. The molecular formula is C8H17Cl2FN2. The van der Waals surface area contributed by atoms with Gasteiger partial charge in [-0.2, -0.15) is 0 Å². The monoisotopic (exact) mass is 230 g/mol. The summed E-state index contributed by atoms with van der Waals surface area (Å²) in [7, 11) is 0. The molecule has 0 spiro atoms. The molecule has 2 rings (SSSR count). The highest BCUT2D eigenvalue weighted by atomic mass is 35.5. The van der Waals surface area contributed by atoms with Crippen LogP contribution < -0.4 is 5.32 Å². The molecule has 1 saturated carbocycles. The zero-order chi connectivity index (χ0) is 7.68. The van der Waals surface area contributed by atoms with Crippen molar-refractivity contribution in [2.24, 2.45) is 0 Å². The molecule has 1 saturated heterocycles. The van der Waals surface area contributed by atoms with E-state index < -0.39 is 6.17 Å². The van der Waals surface area contributed by atoms with E-state index in [2.05, 4.69) is 10.2 Å². The molecule has 80 valence electrons. The summed E-state index contributed by atoms with van der Waals surface area (Å²) in [6.07, 6.45) is 1.05. The number of hydrogen-bond acceptors (Lipinski definition) is 2. The second-order valence-corrected chi connectivity index (χ2v) is 3.51. The molecule has 0 unspecified atom stereocenters. The lowest BCUT2D eigenvalue weighted by molar-refractivity contribution is 0.0463. The van der Waals surface area contributed by atoms with Crippen molar-refractivity contribution in [3.8, 4) is 0 Å². The van der Waals surface area contributed by atoms with E-state index in [1.807, 2.05) is 0 Å². The van der Waals surface area contributed by atoms with Crippen LogP contribution in [0.2, 0.25) is 0 Å². The van der Waals surface area contributed by atoms with Gasteiger partial charge in [-0.15, -0.1) is 24.8 Å². The van der Waals surface area contributed by atoms with Crippen LogP contribution in [-0.4, -0.2) is 43.3 Å². The van der Waals surface area contributed by atoms with Gasteiger partial charge in [0.05, 0.1) is 0 Å². The van der Waals surface area contributed by atoms with Crippen LogP contribution in [0.5, 0.6) is 0 Å². The summed E-state index contributed by atoms with van der Waals surface area (Å²) in [5.74, 6) is 0. The molecule has 13 heavy (non-hydrogen) atoms. The fourth-order valence-electron chi connectivity index (χ4n) is 1.87. The fraction of sp³-hybridized carbons (Fsp3) is 1.00. The number of alkyl halides is 1. The average molecular weight is 231 g/mol. The van der Waals surface area contributed by atoms with E-state index >= 15 is 0 Å². The second-order valence-electron chi connectivity index (χ2n) is 3.51.